The van der Waals surface area contributed by atoms with Gasteiger partial charge in [0.1, 0.15) is 16.7 Å². The number of carbonyl (C=O) groups excluding carboxylic acids is 1. The molecular weight excluding hydrogens is 366 g/mol. The molecule has 0 saturated carbocycles. The number of carbonyl (C=O) groups is 2. The van der Waals surface area contributed by atoms with Crippen LogP contribution in [-0.2, 0) is 17.8 Å². The van der Waals surface area contributed by atoms with E-state index in [9.17, 15) is 19.5 Å². The lowest BCUT2D eigenvalue weighted by Crippen LogP contribution is -2.41. The highest BCUT2D eigenvalue weighted by Gasteiger charge is 2.26. The molecule has 2 N–H and O–H groups in total. The molecule has 1 amide bonds. The molecule has 1 aliphatic heterocycles. The number of nitrogens with zero attached hydrogens (tertiary/aromatic N) is 2. The van der Waals surface area contributed by atoms with Gasteiger partial charge in [-0.3, -0.25) is 14.2 Å². The van der Waals surface area contributed by atoms with Gasteiger partial charge >= 0.3 is 5.97 Å². The van der Waals surface area contributed by atoms with Crippen LogP contribution < -0.4 is 10.9 Å². The van der Waals surface area contributed by atoms with Crippen molar-refractivity contribution in [2.75, 3.05) is 0 Å². The van der Waals surface area contributed by atoms with E-state index in [1.54, 1.807) is 11.5 Å². The summed E-state index contributed by atoms with van der Waals surface area (Å²) in [5.74, 6) is -0.595. The van der Waals surface area contributed by atoms with E-state index < -0.39 is 17.9 Å². The lowest BCUT2D eigenvalue weighted by Gasteiger charge is -2.16. The predicted molar refractivity (Wildman–Crippen MR) is 105 cm³/mol. The normalized spacial score (nSPS) is 15.4. The second-order valence-corrected chi connectivity index (χ2v) is 8.52. The molecule has 3 rings (SSSR count). The number of hydrogen-bond donors (Lipinski definition) is 2. The first-order chi connectivity index (χ1) is 12.8. The van der Waals surface area contributed by atoms with Gasteiger partial charge in [0.05, 0.1) is 10.3 Å². The molecule has 1 unspecified atom stereocenters. The van der Waals surface area contributed by atoms with Crippen molar-refractivity contribution in [3.8, 4) is 0 Å². The van der Waals surface area contributed by atoms with Gasteiger partial charge in [0, 0.05) is 13.0 Å². The summed E-state index contributed by atoms with van der Waals surface area (Å²) in [4.78, 5) is 42.7. The summed E-state index contributed by atoms with van der Waals surface area (Å²) in [6, 6.07) is -0.951. The Balaban J connectivity index is 1.99. The van der Waals surface area contributed by atoms with E-state index in [0.717, 1.165) is 31.5 Å². The molecule has 0 aliphatic carbocycles. The van der Waals surface area contributed by atoms with Gasteiger partial charge in [0.2, 0.25) is 0 Å². The maximum absolute atomic E-state index is 13.0. The number of fused-ring (bicyclic) bond motifs is 2. The average molecular weight is 391 g/mol. The fraction of sp³-hybridized carbons (Fsp3) is 0.579. The van der Waals surface area contributed by atoms with Gasteiger partial charge in [-0.1, -0.05) is 20.3 Å². The van der Waals surface area contributed by atoms with Gasteiger partial charge in [0.25, 0.3) is 11.5 Å². The van der Waals surface area contributed by atoms with E-state index in [-0.39, 0.29) is 11.5 Å². The lowest BCUT2D eigenvalue weighted by molar-refractivity contribution is -0.139. The molecule has 1 atom stereocenters. The molecule has 7 nitrogen and oxygen atoms in total. The van der Waals surface area contributed by atoms with Crippen molar-refractivity contribution in [1.29, 1.82) is 0 Å². The SMILES string of the molecule is Cc1c(C(=O)NC(CC(C)C)C(=O)O)sc2nc3n(c(=O)c12)CCCCC3. The lowest BCUT2D eigenvalue weighted by atomic mass is 10.0. The molecular formula is C19H25N3O4S. The van der Waals surface area contributed by atoms with E-state index in [4.69, 9.17) is 0 Å². The first kappa shape index (κ1) is 19.5. The maximum atomic E-state index is 13.0. The van der Waals surface area contributed by atoms with E-state index in [0.29, 0.717) is 33.6 Å². The summed E-state index contributed by atoms with van der Waals surface area (Å²) in [7, 11) is 0. The number of thiophene rings is 1. The number of amides is 1. The summed E-state index contributed by atoms with van der Waals surface area (Å²) in [5.41, 5.74) is 0.486. The molecule has 0 fully saturated rings. The second kappa shape index (κ2) is 7.80. The maximum Gasteiger partial charge on any atom is 0.326 e. The number of carboxylic acids is 1. The quantitative estimate of drug-likeness (QED) is 0.816. The third-order valence-electron chi connectivity index (χ3n) is 4.93. The molecule has 0 saturated heterocycles. The summed E-state index contributed by atoms with van der Waals surface area (Å²) >= 11 is 1.17. The minimum atomic E-state index is -1.05. The zero-order chi connectivity index (χ0) is 19.7. The highest BCUT2D eigenvalue weighted by atomic mass is 32.1. The van der Waals surface area contributed by atoms with Crippen LogP contribution in [0.5, 0.6) is 0 Å². The van der Waals surface area contributed by atoms with Crippen molar-refractivity contribution in [2.45, 2.75) is 65.5 Å². The van der Waals surface area contributed by atoms with Crippen molar-refractivity contribution in [2.24, 2.45) is 5.92 Å². The number of carboxylic acid groups (broad SMARTS) is 1. The number of aromatic nitrogens is 2. The standard InChI is InChI=1S/C19H25N3O4S/c1-10(2)9-12(19(25)26)20-16(23)15-11(3)14-17(27-15)21-13-7-5-4-6-8-22(13)18(14)24/h10,12H,4-9H2,1-3H3,(H,20,23)(H,25,26). The van der Waals surface area contributed by atoms with Crippen molar-refractivity contribution < 1.29 is 14.7 Å². The van der Waals surface area contributed by atoms with Gasteiger partial charge in [-0.05, 0) is 37.7 Å². The zero-order valence-corrected chi connectivity index (χ0v) is 16.7. The van der Waals surface area contributed by atoms with Crippen LogP contribution in [0.4, 0.5) is 0 Å². The summed E-state index contributed by atoms with van der Waals surface area (Å²) in [6.07, 6.45) is 4.14. The fourth-order valence-corrected chi connectivity index (χ4v) is 4.64. The smallest absolute Gasteiger partial charge is 0.326 e. The average Bonchev–Trinajstić information content (AvgIpc) is 2.77. The highest BCUT2D eigenvalue weighted by molar-refractivity contribution is 7.20. The Bertz CT molecular complexity index is 945. The molecule has 0 aromatic carbocycles. The largest absolute Gasteiger partial charge is 0.480 e. The van der Waals surface area contributed by atoms with Crippen molar-refractivity contribution in [3.63, 3.8) is 0 Å². The van der Waals surface area contributed by atoms with Crippen LogP contribution in [0.15, 0.2) is 4.79 Å². The molecule has 1 aliphatic rings. The Morgan fingerprint density at radius 1 is 1.30 bits per heavy atom. The molecule has 0 radical (unpaired) electrons. The monoisotopic (exact) mass is 391 g/mol. The molecule has 2 aromatic rings. The second-order valence-electron chi connectivity index (χ2n) is 7.53. The van der Waals surface area contributed by atoms with Crippen LogP contribution in [-0.4, -0.2) is 32.6 Å². The zero-order valence-electron chi connectivity index (χ0n) is 15.9. The number of aliphatic carboxylic acids is 1. The van der Waals surface area contributed by atoms with E-state index in [2.05, 4.69) is 10.3 Å². The third-order valence-corrected chi connectivity index (χ3v) is 6.11. The molecule has 8 heteroatoms. The Kier molecular flexibility index (Phi) is 5.64. The number of aryl methyl sites for hydroxylation is 2. The van der Waals surface area contributed by atoms with Crippen molar-refractivity contribution >= 4 is 33.4 Å². The molecule has 27 heavy (non-hydrogen) atoms. The van der Waals surface area contributed by atoms with Crippen LogP contribution in [0.1, 0.15) is 60.6 Å². The molecule has 2 aromatic heterocycles. The van der Waals surface area contributed by atoms with Crippen molar-refractivity contribution in [1.82, 2.24) is 14.9 Å². The van der Waals surface area contributed by atoms with Crippen LogP contribution in [0.2, 0.25) is 0 Å². The van der Waals surface area contributed by atoms with Crippen LogP contribution in [0, 0.1) is 12.8 Å². The molecule has 3 heterocycles. The minimum absolute atomic E-state index is 0.0957. The third kappa shape index (κ3) is 3.90. The summed E-state index contributed by atoms with van der Waals surface area (Å²) in [5, 5.41) is 12.4. The Morgan fingerprint density at radius 3 is 2.70 bits per heavy atom. The van der Waals surface area contributed by atoms with Crippen LogP contribution in [0.3, 0.4) is 0 Å². The number of hydrogen-bond acceptors (Lipinski definition) is 5. The molecule has 0 bridgehead atoms. The van der Waals surface area contributed by atoms with E-state index in [1.807, 2.05) is 13.8 Å². The number of nitrogens with one attached hydrogen (secondary N) is 1. The van der Waals surface area contributed by atoms with Crippen molar-refractivity contribution in [3.05, 3.63) is 26.6 Å². The first-order valence-electron chi connectivity index (χ1n) is 9.36. The Morgan fingerprint density at radius 2 is 2.04 bits per heavy atom. The van der Waals surface area contributed by atoms with Crippen LogP contribution in [0.25, 0.3) is 10.2 Å². The first-order valence-corrected chi connectivity index (χ1v) is 10.2. The van der Waals surface area contributed by atoms with Gasteiger partial charge in [-0.2, -0.15) is 0 Å². The van der Waals surface area contributed by atoms with Gasteiger partial charge in [-0.25, -0.2) is 9.78 Å². The van der Waals surface area contributed by atoms with Gasteiger partial charge < -0.3 is 10.4 Å². The topological polar surface area (TPSA) is 101 Å². The van der Waals surface area contributed by atoms with Gasteiger partial charge in [0.15, 0.2) is 0 Å². The fourth-order valence-electron chi connectivity index (χ4n) is 3.54. The highest BCUT2D eigenvalue weighted by Crippen LogP contribution is 2.28. The molecule has 0 spiro atoms. The minimum Gasteiger partial charge on any atom is -0.480 e. The summed E-state index contributed by atoms with van der Waals surface area (Å²) < 4.78 is 1.73. The Hall–Kier alpha value is -2.22. The predicted octanol–water partition coefficient (Wildman–Crippen LogP) is 2.72. The van der Waals surface area contributed by atoms with Gasteiger partial charge in [-0.15, -0.1) is 11.3 Å². The Labute approximate surface area is 161 Å². The van der Waals surface area contributed by atoms with Crippen LogP contribution >= 0.6 is 11.3 Å². The summed E-state index contributed by atoms with van der Waals surface area (Å²) in [6.45, 7) is 6.21. The number of rotatable bonds is 5. The van der Waals surface area contributed by atoms with E-state index in [1.165, 1.54) is 11.3 Å². The molecule has 146 valence electrons. The van der Waals surface area contributed by atoms with E-state index >= 15 is 0 Å².